The normalized spacial score (nSPS) is 21.4. The van der Waals surface area contributed by atoms with E-state index in [-0.39, 0.29) is 17.0 Å². The molecule has 8 heteroatoms. The predicted molar refractivity (Wildman–Crippen MR) is 84.0 cm³/mol. The molecule has 1 aliphatic heterocycles. The molecule has 1 aliphatic carbocycles. The lowest BCUT2D eigenvalue weighted by Gasteiger charge is -2.36. The number of hydrogen-bond donors (Lipinski definition) is 0. The summed E-state index contributed by atoms with van der Waals surface area (Å²) in [6, 6.07) is 3.87. The highest BCUT2D eigenvalue weighted by Crippen LogP contribution is 2.38. The maximum Gasteiger partial charge on any atom is 0.416 e. The molecule has 2 fully saturated rings. The first-order chi connectivity index (χ1) is 11.2. The summed E-state index contributed by atoms with van der Waals surface area (Å²) >= 11 is 0. The Morgan fingerprint density at radius 2 is 1.67 bits per heavy atom. The Morgan fingerprint density at radius 1 is 1.08 bits per heavy atom. The SMILES string of the molecule is CN1CCC(N(C2CC2)S(=O)(=O)c2cccc(C(F)(F)F)c2)CC1. The van der Waals surface area contributed by atoms with E-state index >= 15 is 0 Å². The minimum atomic E-state index is -4.55. The van der Waals surface area contributed by atoms with Crippen molar-refractivity contribution in [3.05, 3.63) is 29.8 Å². The van der Waals surface area contributed by atoms with Crippen molar-refractivity contribution in [2.75, 3.05) is 20.1 Å². The molecular weight excluding hydrogens is 341 g/mol. The zero-order chi connectivity index (χ0) is 17.5. The molecule has 24 heavy (non-hydrogen) atoms. The Balaban J connectivity index is 1.92. The molecule has 1 aromatic carbocycles. The maximum atomic E-state index is 13.0. The third-order valence-electron chi connectivity index (χ3n) is 4.69. The molecule has 1 aromatic rings. The lowest BCUT2D eigenvalue weighted by Crippen LogP contribution is -2.47. The van der Waals surface area contributed by atoms with E-state index in [0.29, 0.717) is 12.8 Å². The van der Waals surface area contributed by atoms with E-state index in [1.807, 2.05) is 7.05 Å². The molecule has 1 heterocycles. The Morgan fingerprint density at radius 3 is 2.21 bits per heavy atom. The van der Waals surface area contributed by atoms with Crippen LogP contribution in [0.4, 0.5) is 13.2 Å². The average Bonchev–Trinajstić information content (AvgIpc) is 3.33. The molecule has 4 nitrogen and oxygen atoms in total. The second-order valence-electron chi connectivity index (χ2n) is 6.63. The monoisotopic (exact) mass is 362 g/mol. The third kappa shape index (κ3) is 3.60. The van der Waals surface area contributed by atoms with Crippen LogP contribution in [0.1, 0.15) is 31.2 Å². The van der Waals surface area contributed by atoms with Gasteiger partial charge in [0.05, 0.1) is 10.5 Å². The van der Waals surface area contributed by atoms with Crippen LogP contribution in [-0.4, -0.2) is 49.8 Å². The lowest BCUT2D eigenvalue weighted by atomic mass is 10.1. The summed E-state index contributed by atoms with van der Waals surface area (Å²) in [4.78, 5) is 1.88. The van der Waals surface area contributed by atoms with Gasteiger partial charge in [-0.1, -0.05) is 6.07 Å². The fourth-order valence-electron chi connectivity index (χ4n) is 3.22. The molecule has 0 amide bonds. The summed E-state index contributed by atoms with van der Waals surface area (Å²) in [5, 5.41) is 0. The smallest absolute Gasteiger partial charge is 0.306 e. The van der Waals surface area contributed by atoms with E-state index in [4.69, 9.17) is 0 Å². The topological polar surface area (TPSA) is 40.6 Å². The zero-order valence-electron chi connectivity index (χ0n) is 13.5. The Labute approximate surface area is 140 Å². The van der Waals surface area contributed by atoms with Gasteiger partial charge in [-0.2, -0.15) is 17.5 Å². The minimum Gasteiger partial charge on any atom is -0.306 e. The quantitative estimate of drug-likeness (QED) is 0.827. The van der Waals surface area contributed by atoms with E-state index in [1.54, 1.807) is 0 Å². The molecule has 0 bridgehead atoms. The molecule has 1 saturated heterocycles. The highest BCUT2D eigenvalue weighted by Gasteiger charge is 2.43. The molecule has 1 saturated carbocycles. The van der Waals surface area contributed by atoms with Crippen molar-refractivity contribution in [3.8, 4) is 0 Å². The number of likely N-dealkylation sites (tertiary alicyclic amines) is 1. The van der Waals surface area contributed by atoms with Crippen LogP contribution in [0.15, 0.2) is 29.2 Å². The highest BCUT2D eigenvalue weighted by atomic mass is 32.2. The number of piperidine rings is 1. The van der Waals surface area contributed by atoms with Gasteiger partial charge in [-0.05, 0) is 64.0 Å². The van der Waals surface area contributed by atoms with Gasteiger partial charge in [0.2, 0.25) is 10.0 Å². The maximum absolute atomic E-state index is 13.0. The molecule has 0 radical (unpaired) electrons. The van der Waals surface area contributed by atoms with Crippen LogP contribution < -0.4 is 0 Å². The third-order valence-corrected chi connectivity index (χ3v) is 6.69. The molecule has 134 valence electrons. The van der Waals surface area contributed by atoms with Crippen molar-refractivity contribution < 1.29 is 21.6 Å². The van der Waals surface area contributed by atoms with Crippen molar-refractivity contribution in [1.82, 2.24) is 9.21 Å². The number of rotatable bonds is 4. The van der Waals surface area contributed by atoms with Gasteiger partial charge in [-0.3, -0.25) is 0 Å². The van der Waals surface area contributed by atoms with Gasteiger partial charge in [0.1, 0.15) is 0 Å². The van der Waals surface area contributed by atoms with Gasteiger partial charge in [-0.15, -0.1) is 0 Å². The van der Waals surface area contributed by atoms with Gasteiger partial charge >= 0.3 is 6.18 Å². The fourth-order valence-corrected chi connectivity index (χ4v) is 5.20. The standard InChI is InChI=1S/C16H21F3N2O2S/c1-20-9-7-14(8-10-20)21(13-5-6-13)24(22,23)15-4-2-3-12(11-15)16(17,18)19/h2-4,11,13-14H,5-10H2,1H3. The molecule has 0 spiro atoms. The molecule has 3 rings (SSSR count). The summed E-state index contributed by atoms with van der Waals surface area (Å²) in [6.07, 6.45) is -1.56. The molecule has 0 aromatic heterocycles. The van der Waals surface area contributed by atoms with Gasteiger partial charge < -0.3 is 4.90 Å². The van der Waals surface area contributed by atoms with Crippen LogP contribution in [0.25, 0.3) is 0 Å². The zero-order valence-corrected chi connectivity index (χ0v) is 14.3. The van der Waals surface area contributed by atoms with Gasteiger partial charge in [0.15, 0.2) is 0 Å². The van der Waals surface area contributed by atoms with Gasteiger partial charge in [-0.25, -0.2) is 8.42 Å². The van der Waals surface area contributed by atoms with E-state index in [9.17, 15) is 21.6 Å². The predicted octanol–water partition coefficient (Wildman–Crippen LogP) is 2.95. The molecule has 2 aliphatic rings. The number of halogens is 3. The van der Waals surface area contributed by atoms with Gasteiger partial charge in [0, 0.05) is 12.1 Å². The molecule has 0 atom stereocenters. The molecular formula is C16H21F3N2O2S. The van der Waals surface area contributed by atoms with Crippen LogP contribution in [0, 0.1) is 0 Å². The van der Waals surface area contributed by atoms with Crippen LogP contribution in [0.5, 0.6) is 0 Å². The van der Waals surface area contributed by atoms with Crippen LogP contribution in [-0.2, 0) is 16.2 Å². The number of nitrogens with zero attached hydrogens (tertiary/aromatic N) is 2. The number of hydrogen-bond acceptors (Lipinski definition) is 3. The number of sulfonamides is 1. The van der Waals surface area contributed by atoms with Crippen LogP contribution >= 0.6 is 0 Å². The van der Waals surface area contributed by atoms with Crippen LogP contribution in [0.3, 0.4) is 0 Å². The number of benzene rings is 1. The summed E-state index contributed by atoms with van der Waals surface area (Å²) in [5.41, 5.74) is -0.928. The Hall–Kier alpha value is -1.12. The van der Waals surface area contributed by atoms with Crippen molar-refractivity contribution in [3.63, 3.8) is 0 Å². The van der Waals surface area contributed by atoms with E-state index in [0.717, 1.165) is 44.1 Å². The van der Waals surface area contributed by atoms with Crippen molar-refractivity contribution in [2.24, 2.45) is 0 Å². The fraction of sp³-hybridized carbons (Fsp3) is 0.625. The van der Waals surface area contributed by atoms with Crippen molar-refractivity contribution in [2.45, 2.75) is 48.8 Å². The first kappa shape index (κ1) is 17.7. The lowest BCUT2D eigenvalue weighted by molar-refractivity contribution is -0.137. The summed E-state index contributed by atoms with van der Waals surface area (Å²) in [6.45, 7) is 1.60. The van der Waals surface area contributed by atoms with Crippen molar-refractivity contribution >= 4 is 10.0 Å². The Bertz CT molecular complexity index is 694. The van der Waals surface area contributed by atoms with Gasteiger partial charge in [0.25, 0.3) is 0 Å². The second-order valence-corrected chi connectivity index (χ2v) is 8.47. The number of alkyl halides is 3. The van der Waals surface area contributed by atoms with Crippen LogP contribution in [0.2, 0.25) is 0 Å². The Kier molecular flexibility index (Phi) is 4.65. The highest BCUT2D eigenvalue weighted by molar-refractivity contribution is 7.89. The van der Waals surface area contributed by atoms with E-state index in [1.165, 1.54) is 10.4 Å². The summed E-state index contributed by atoms with van der Waals surface area (Å²) in [5.74, 6) is 0. The molecule has 0 N–H and O–H groups in total. The summed E-state index contributed by atoms with van der Waals surface area (Å²) in [7, 11) is -1.94. The first-order valence-electron chi connectivity index (χ1n) is 8.09. The largest absolute Gasteiger partial charge is 0.416 e. The first-order valence-corrected chi connectivity index (χ1v) is 9.53. The second kappa shape index (κ2) is 6.31. The van der Waals surface area contributed by atoms with Crippen molar-refractivity contribution in [1.29, 1.82) is 0 Å². The molecule has 0 unspecified atom stereocenters. The summed E-state index contributed by atoms with van der Waals surface area (Å²) < 4.78 is 66.3. The van der Waals surface area contributed by atoms with E-state index < -0.39 is 21.8 Å². The average molecular weight is 362 g/mol. The minimum absolute atomic E-state index is 0.0713. The van der Waals surface area contributed by atoms with E-state index in [2.05, 4.69) is 4.90 Å².